The predicted molar refractivity (Wildman–Crippen MR) is 97.6 cm³/mol. The summed E-state index contributed by atoms with van der Waals surface area (Å²) in [6.45, 7) is 0.567. The molecule has 0 aliphatic rings. The second kappa shape index (κ2) is 6.79. The number of rotatable bonds is 6. The molecule has 4 aromatic rings. The zero-order valence-electron chi connectivity index (χ0n) is 14.5. The van der Waals surface area contributed by atoms with Crippen molar-refractivity contribution in [3.63, 3.8) is 0 Å². The predicted octanol–water partition coefficient (Wildman–Crippen LogP) is 3.62. The van der Waals surface area contributed by atoms with Crippen LogP contribution in [-0.2, 0) is 6.54 Å². The number of fused-ring (bicyclic) bond motifs is 1. The Morgan fingerprint density at radius 2 is 2.00 bits per heavy atom. The molecule has 0 fully saturated rings. The summed E-state index contributed by atoms with van der Waals surface area (Å²) in [4.78, 5) is 4.49. The molecule has 0 saturated carbocycles. The van der Waals surface area contributed by atoms with Gasteiger partial charge in [0.2, 0.25) is 0 Å². The minimum Gasteiger partial charge on any atom is -0.493 e. The highest BCUT2D eigenvalue weighted by atomic mass is 16.5. The molecule has 0 atom stereocenters. The van der Waals surface area contributed by atoms with E-state index in [1.807, 2.05) is 36.4 Å². The molecule has 0 saturated heterocycles. The maximum absolute atomic E-state index is 5.40. The quantitative estimate of drug-likeness (QED) is 0.572. The third kappa shape index (κ3) is 2.83. The van der Waals surface area contributed by atoms with Crippen molar-refractivity contribution >= 4 is 11.5 Å². The van der Waals surface area contributed by atoms with Crippen molar-refractivity contribution in [3.05, 3.63) is 60.8 Å². The molecule has 3 heterocycles. The van der Waals surface area contributed by atoms with E-state index in [4.69, 9.17) is 13.9 Å². The molecule has 0 unspecified atom stereocenters. The number of furan rings is 1. The summed E-state index contributed by atoms with van der Waals surface area (Å²) in [6.07, 6.45) is 5.20. The van der Waals surface area contributed by atoms with Crippen molar-refractivity contribution in [2.24, 2.45) is 0 Å². The van der Waals surface area contributed by atoms with Crippen molar-refractivity contribution in [1.82, 2.24) is 14.6 Å². The van der Waals surface area contributed by atoms with Gasteiger partial charge in [-0.25, -0.2) is 4.98 Å². The van der Waals surface area contributed by atoms with Crippen LogP contribution in [0.2, 0.25) is 0 Å². The van der Waals surface area contributed by atoms with Gasteiger partial charge in [-0.15, -0.1) is 0 Å². The van der Waals surface area contributed by atoms with Gasteiger partial charge in [0.05, 0.1) is 33.2 Å². The molecule has 4 rings (SSSR count). The SMILES string of the molecule is COc1ccc(-c2cnn3c(NCc4ccco4)ccnc23)cc1OC. The Balaban J connectivity index is 1.70. The number of nitrogens with one attached hydrogen (secondary N) is 1. The van der Waals surface area contributed by atoms with Gasteiger partial charge in [-0.3, -0.25) is 0 Å². The monoisotopic (exact) mass is 350 g/mol. The molecule has 0 spiro atoms. The maximum Gasteiger partial charge on any atom is 0.165 e. The van der Waals surface area contributed by atoms with Crippen LogP contribution in [0, 0.1) is 0 Å². The van der Waals surface area contributed by atoms with Gasteiger partial charge in [0, 0.05) is 11.8 Å². The zero-order valence-corrected chi connectivity index (χ0v) is 14.5. The molecule has 7 heteroatoms. The lowest BCUT2D eigenvalue weighted by molar-refractivity contribution is 0.355. The van der Waals surface area contributed by atoms with Gasteiger partial charge in [-0.2, -0.15) is 9.61 Å². The van der Waals surface area contributed by atoms with Crippen LogP contribution in [-0.4, -0.2) is 28.8 Å². The molecule has 7 nitrogen and oxygen atoms in total. The summed E-state index contributed by atoms with van der Waals surface area (Å²) < 4.78 is 17.8. The number of nitrogens with zero attached hydrogens (tertiary/aromatic N) is 3. The van der Waals surface area contributed by atoms with E-state index in [1.165, 1.54) is 0 Å². The molecule has 0 aliphatic heterocycles. The number of ether oxygens (including phenoxy) is 2. The van der Waals surface area contributed by atoms with Gasteiger partial charge in [-0.05, 0) is 35.9 Å². The van der Waals surface area contributed by atoms with Crippen molar-refractivity contribution in [1.29, 1.82) is 0 Å². The number of aromatic nitrogens is 3. The highest BCUT2D eigenvalue weighted by molar-refractivity contribution is 5.79. The first-order valence-electron chi connectivity index (χ1n) is 8.11. The Hall–Kier alpha value is -3.48. The normalized spacial score (nSPS) is 10.8. The average molecular weight is 350 g/mol. The van der Waals surface area contributed by atoms with E-state index in [1.54, 1.807) is 37.4 Å². The average Bonchev–Trinajstić information content (AvgIpc) is 3.35. The van der Waals surface area contributed by atoms with Crippen molar-refractivity contribution in [3.8, 4) is 22.6 Å². The highest BCUT2D eigenvalue weighted by Gasteiger charge is 2.13. The highest BCUT2D eigenvalue weighted by Crippen LogP contribution is 2.33. The number of anilines is 1. The van der Waals surface area contributed by atoms with Crippen molar-refractivity contribution in [2.75, 3.05) is 19.5 Å². The summed E-state index contributed by atoms with van der Waals surface area (Å²) in [7, 11) is 3.23. The van der Waals surface area contributed by atoms with Gasteiger partial charge in [0.25, 0.3) is 0 Å². The van der Waals surface area contributed by atoms with Gasteiger partial charge in [-0.1, -0.05) is 6.07 Å². The van der Waals surface area contributed by atoms with E-state index < -0.39 is 0 Å². The van der Waals surface area contributed by atoms with Crippen LogP contribution >= 0.6 is 0 Å². The first-order valence-corrected chi connectivity index (χ1v) is 8.11. The molecular weight excluding hydrogens is 332 g/mol. The molecule has 0 amide bonds. The number of hydrogen-bond donors (Lipinski definition) is 1. The molecule has 132 valence electrons. The number of benzene rings is 1. The first kappa shape index (κ1) is 16.0. The molecule has 1 aromatic carbocycles. The van der Waals surface area contributed by atoms with Crippen LogP contribution in [0.15, 0.2) is 59.5 Å². The largest absolute Gasteiger partial charge is 0.493 e. The topological polar surface area (TPSA) is 73.8 Å². The van der Waals surface area contributed by atoms with Gasteiger partial charge >= 0.3 is 0 Å². The summed E-state index contributed by atoms with van der Waals surface area (Å²) >= 11 is 0. The lowest BCUT2D eigenvalue weighted by Crippen LogP contribution is -2.05. The van der Waals surface area contributed by atoms with E-state index in [0.717, 1.165) is 28.4 Å². The smallest absolute Gasteiger partial charge is 0.165 e. The van der Waals surface area contributed by atoms with Gasteiger partial charge in [0.15, 0.2) is 17.1 Å². The summed E-state index contributed by atoms with van der Waals surface area (Å²) in [5.41, 5.74) is 2.61. The van der Waals surface area contributed by atoms with Crippen LogP contribution in [0.3, 0.4) is 0 Å². The fraction of sp³-hybridized carbons (Fsp3) is 0.158. The molecule has 0 radical (unpaired) electrons. The standard InChI is InChI=1S/C19H18N4O3/c1-24-16-6-5-13(10-17(16)25-2)15-12-22-23-18(7-8-20-19(15)23)21-11-14-4-3-9-26-14/h3-10,12,21H,11H2,1-2H3. The molecule has 1 N–H and O–H groups in total. The number of hydrogen-bond acceptors (Lipinski definition) is 6. The zero-order chi connectivity index (χ0) is 17.9. The lowest BCUT2D eigenvalue weighted by atomic mass is 10.1. The van der Waals surface area contributed by atoms with Crippen LogP contribution in [0.5, 0.6) is 11.5 Å². The van der Waals surface area contributed by atoms with Crippen LogP contribution in [0.4, 0.5) is 5.82 Å². The Bertz CT molecular complexity index is 1020. The minimum atomic E-state index is 0.567. The maximum atomic E-state index is 5.40. The van der Waals surface area contributed by atoms with Crippen molar-refractivity contribution < 1.29 is 13.9 Å². The third-order valence-electron chi connectivity index (χ3n) is 4.12. The lowest BCUT2D eigenvalue weighted by Gasteiger charge is -2.09. The third-order valence-corrected chi connectivity index (χ3v) is 4.12. The number of methoxy groups -OCH3 is 2. The fourth-order valence-electron chi connectivity index (χ4n) is 2.82. The fourth-order valence-corrected chi connectivity index (χ4v) is 2.82. The van der Waals surface area contributed by atoms with Crippen LogP contribution in [0.25, 0.3) is 16.8 Å². The van der Waals surface area contributed by atoms with E-state index in [2.05, 4.69) is 15.4 Å². The first-order chi connectivity index (χ1) is 12.8. The van der Waals surface area contributed by atoms with E-state index in [0.29, 0.717) is 18.0 Å². The molecule has 26 heavy (non-hydrogen) atoms. The Morgan fingerprint density at radius 3 is 2.77 bits per heavy atom. The Labute approximate surface area is 150 Å². The summed E-state index contributed by atoms with van der Waals surface area (Å²) in [5, 5.41) is 7.80. The second-order valence-electron chi connectivity index (χ2n) is 5.63. The molecule has 0 aliphatic carbocycles. The summed E-state index contributed by atoms with van der Waals surface area (Å²) in [6, 6.07) is 11.4. The molecular formula is C19H18N4O3. The van der Waals surface area contributed by atoms with E-state index >= 15 is 0 Å². The van der Waals surface area contributed by atoms with Crippen LogP contribution < -0.4 is 14.8 Å². The second-order valence-corrected chi connectivity index (χ2v) is 5.63. The van der Waals surface area contributed by atoms with Gasteiger partial charge in [0.1, 0.15) is 11.6 Å². The Kier molecular flexibility index (Phi) is 4.18. The van der Waals surface area contributed by atoms with E-state index in [9.17, 15) is 0 Å². The van der Waals surface area contributed by atoms with Gasteiger partial charge < -0.3 is 19.2 Å². The van der Waals surface area contributed by atoms with Crippen molar-refractivity contribution in [2.45, 2.75) is 6.54 Å². The summed E-state index contributed by atoms with van der Waals surface area (Å²) in [5.74, 6) is 3.03. The molecule has 3 aromatic heterocycles. The molecule has 0 bridgehead atoms. The Morgan fingerprint density at radius 1 is 1.12 bits per heavy atom. The minimum absolute atomic E-state index is 0.567. The van der Waals surface area contributed by atoms with Crippen LogP contribution in [0.1, 0.15) is 5.76 Å². The van der Waals surface area contributed by atoms with E-state index in [-0.39, 0.29) is 0 Å².